The summed E-state index contributed by atoms with van der Waals surface area (Å²) in [5.74, 6) is 0.871. The van der Waals surface area contributed by atoms with Gasteiger partial charge in [-0.25, -0.2) is 4.98 Å². The van der Waals surface area contributed by atoms with Gasteiger partial charge in [-0.1, -0.05) is 68.9 Å². The SMILES string of the molecule is CCCCCCCCn1c(C(C)NC(=O)c2ccc(C)cc2)nc2ccccc21. The van der Waals surface area contributed by atoms with Gasteiger partial charge < -0.3 is 9.88 Å². The zero-order valence-corrected chi connectivity index (χ0v) is 17.9. The minimum Gasteiger partial charge on any atom is -0.342 e. The number of nitrogens with one attached hydrogen (secondary N) is 1. The van der Waals surface area contributed by atoms with Gasteiger partial charge in [-0.15, -0.1) is 0 Å². The number of amides is 1. The van der Waals surface area contributed by atoms with E-state index in [2.05, 4.69) is 28.9 Å². The highest BCUT2D eigenvalue weighted by Gasteiger charge is 2.18. The van der Waals surface area contributed by atoms with Crippen molar-refractivity contribution in [3.05, 3.63) is 65.5 Å². The van der Waals surface area contributed by atoms with Crippen LogP contribution in [-0.2, 0) is 6.54 Å². The highest BCUT2D eigenvalue weighted by atomic mass is 16.1. The molecule has 0 aliphatic heterocycles. The van der Waals surface area contributed by atoms with Gasteiger partial charge in [-0.05, 0) is 44.5 Å². The van der Waals surface area contributed by atoms with Gasteiger partial charge in [0.15, 0.2) is 0 Å². The first kappa shape index (κ1) is 21.1. The van der Waals surface area contributed by atoms with Crippen LogP contribution in [0.25, 0.3) is 11.0 Å². The Hall–Kier alpha value is -2.62. The van der Waals surface area contributed by atoms with E-state index in [9.17, 15) is 4.79 Å². The van der Waals surface area contributed by atoms with E-state index in [1.54, 1.807) is 0 Å². The minimum absolute atomic E-state index is 0.0596. The van der Waals surface area contributed by atoms with Crippen molar-refractivity contribution in [3.8, 4) is 0 Å². The van der Waals surface area contributed by atoms with Crippen LogP contribution in [0.1, 0.15) is 80.2 Å². The third-order valence-corrected chi connectivity index (χ3v) is 5.47. The monoisotopic (exact) mass is 391 g/mol. The van der Waals surface area contributed by atoms with E-state index in [1.807, 2.05) is 50.2 Å². The van der Waals surface area contributed by atoms with Crippen LogP contribution in [0.2, 0.25) is 0 Å². The van der Waals surface area contributed by atoms with E-state index >= 15 is 0 Å². The summed E-state index contributed by atoms with van der Waals surface area (Å²) in [5, 5.41) is 3.13. The van der Waals surface area contributed by atoms with Crippen LogP contribution in [0.3, 0.4) is 0 Å². The first-order valence-corrected chi connectivity index (χ1v) is 10.9. The summed E-state index contributed by atoms with van der Waals surface area (Å²) in [4.78, 5) is 17.5. The van der Waals surface area contributed by atoms with E-state index < -0.39 is 0 Å². The second-order valence-electron chi connectivity index (χ2n) is 7.94. The molecule has 0 bridgehead atoms. The average Bonchev–Trinajstić information content (AvgIpc) is 3.10. The minimum atomic E-state index is -0.156. The highest BCUT2D eigenvalue weighted by Crippen LogP contribution is 2.22. The second kappa shape index (κ2) is 10.2. The maximum Gasteiger partial charge on any atom is 0.251 e. The summed E-state index contributed by atoms with van der Waals surface area (Å²) < 4.78 is 2.29. The lowest BCUT2D eigenvalue weighted by Crippen LogP contribution is -2.28. The molecule has 3 aromatic rings. The van der Waals surface area contributed by atoms with Crippen molar-refractivity contribution in [2.75, 3.05) is 0 Å². The number of aromatic nitrogens is 2. The summed E-state index contributed by atoms with van der Waals surface area (Å²) in [6.07, 6.45) is 7.56. The number of nitrogens with zero attached hydrogens (tertiary/aromatic N) is 2. The van der Waals surface area contributed by atoms with Crippen molar-refractivity contribution in [2.45, 2.75) is 71.9 Å². The summed E-state index contributed by atoms with van der Waals surface area (Å²) in [6, 6.07) is 15.8. The van der Waals surface area contributed by atoms with Crippen LogP contribution in [-0.4, -0.2) is 15.5 Å². The average molecular weight is 392 g/mol. The van der Waals surface area contributed by atoms with Crippen LogP contribution in [0.15, 0.2) is 48.5 Å². The van der Waals surface area contributed by atoms with Gasteiger partial charge in [-0.2, -0.15) is 0 Å². The molecule has 0 saturated carbocycles. The molecule has 0 aliphatic carbocycles. The molecule has 29 heavy (non-hydrogen) atoms. The lowest BCUT2D eigenvalue weighted by molar-refractivity contribution is 0.0937. The fraction of sp³-hybridized carbons (Fsp3) is 0.440. The third-order valence-electron chi connectivity index (χ3n) is 5.47. The van der Waals surface area contributed by atoms with E-state index in [0.717, 1.165) is 35.4 Å². The highest BCUT2D eigenvalue weighted by molar-refractivity contribution is 5.94. The van der Waals surface area contributed by atoms with Crippen LogP contribution in [0.5, 0.6) is 0 Å². The molecule has 1 amide bonds. The van der Waals surface area contributed by atoms with Crippen molar-refractivity contribution in [1.29, 1.82) is 0 Å². The molecule has 4 nitrogen and oxygen atoms in total. The third kappa shape index (κ3) is 5.47. The topological polar surface area (TPSA) is 46.9 Å². The number of rotatable bonds is 10. The van der Waals surface area contributed by atoms with Gasteiger partial charge in [0, 0.05) is 12.1 Å². The standard InChI is InChI=1S/C25H33N3O/c1-4-5-6-7-8-11-18-28-23-13-10-9-12-22(23)27-24(28)20(3)26-25(29)21-16-14-19(2)15-17-21/h9-10,12-17,20H,4-8,11,18H2,1-3H3,(H,26,29). The van der Waals surface area contributed by atoms with Crippen molar-refractivity contribution in [2.24, 2.45) is 0 Å². The molecule has 1 atom stereocenters. The summed E-state index contributed by atoms with van der Waals surface area (Å²) in [5.41, 5.74) is 3.97. The number of benzene rings is 2. The molecular weight excluding hydrogens is 358 g/mol. The number of carbonyl (C=O) groups is 1. The Bertz CT molecular complexity index is 927. The summed E-state index contributed by atoms with van der Waals surface area (Å²) >= 11 is 0. The van der Waals surface area contributed by atoms with E-state index in [1.165, 1.54) is 32.1 Å². The zero-order valence-electron chi connectivity index (χ0n) is 17.9. The molecule has 0 spiro atoms. The molecular formula is C25H33N3O. The number of unbranched alkanes of at least 4 members (excludes halogenated alkanes) is 5. The van der Waals surface area contributed by atoms with Crippen LogP contribution in [0, 0.1) is 6.92 Å². The van der Waals surface area contributed by atoms with Gasteiger partial charge in [-0.3, -0.25) is 4.79 Å². The molecule has 0 saturated heterocycles. The molecule has 0 fully saturated rings. The van der Waals surface area contributed by atoms with Crippen molar-refractivity contribution >= 4 is 16.9 Å². The number of para-hydroxylation sites is 2. The Kier molecular flexibility index (Phi) is 7.45. The van der Waals surface area contributed by atoms with Crippen molar-refractivity contribution in [3.63, 3.8) is 0 Å². The summed E-state index contributed by atoms with van der Waals surface area (Å²) in [6.45, 7) is 7.23. The Balaban J connectivity index is 1.73. The second-order valence-corrected chi connectivity index (χ2v) is 7.94. The zero-order chi connectivity index (χ0) is 20.6. The fourth-order valence-electron chi connectivity index (χ4n) is 3.76. The van der Waals surface area contributed by atoms with Gasteiger partial charge in [0.2, 0.25) is 0 Å². The Morgan fingerprint density at radius 3 is 2.45 bits per heavy atom. The lowest BCUT2D eigenvalue weighted by Gasteiger charge is -2.16. The predicted molar refractivity (Wildman–Crippen MR) is 120 cm³/mol. The summed E-state index contributed by atoms with van der Waals surface area (Å²) in [7, 11) is 0. The molecule has 2 aromatic carbocycles. The maximum atomic E-state index is 12.7. The molecule has 1 unspecified atom stereocenters. The Labute approximate surface area is 174 Å². The van der Waals surface area contributed by atoms with Crippen LogP contribution < -0.4 is 5.32 Å². The smallest absolute Gasteiger partial charge is 0.251 e. The molecule has 154 valence electrons. The Morgan fingerprint density at radius 1 is 1.00 bits per heavy atom. The number of fused-ring (bicyclic) bond motifs is 1. The van der Waals surface area contributed by atoms with Gasteiger partial charge in [0.05, 0.1) is 17.1 Å². The largest absolute Gasteiger partial charge is 0.342 e. The molecule has 4 heteroatoms. The molecule has 3 rings (SSSR count). The predicted octanol–water partition coefficient (Wildman–Crippen LogP) is 6.20. The lowest BCUT2D eigenvalue weighted by atomic mass is 10.1. The van der Waals surface area contributed by atoms with E-state index in [0.29, 0.717) is 5.56 Å². The van der Waals surface area contributed by atoms with Crippen LogP contribution in [0.4, 0.5) is 0 Å². The number of carbonyl (C=O) groups excluding carboxylic acids is 1. The normalized spacial score (nSPS) is 12.2. The fourth-order valence-corrected chi connectivity index (χ4v) is 3.76. The van der Waals surface area contributed by atoms with Gasteiger partial charge in [0.1, 0.15) is 5.82 Å². The molecule has 1 heterocycles. The van der Waals surface area contributed by atoms with E-state index in [4.69, 9.17) is 4.98 Å². The van der Waals surface area contributed by atoms with Gasteiger partial charge >= 0.3 is 0 Å². The first-order valence-electron chi connectivity index (χ1n) is 10.9. The molecule has 0 aliphatic rings. The molecule has 1 N–H and O–H groups in total. The van der Waals surface area contributed by atoms with Gasteiger partial charge in [0.25, 0.3) is 5.91 Å². The number of hydrogen-bond acceptors (Lipinski definition) is 2. The van der Waals surface area contributed by atoms with Crippen molar-refractivity contribution in [1.82, 2.24) is 14.9 Å². The Morgan fingerprint density at radius 2 is 1.69 bits per heavy atom. The van der Waals surface area contributed by atoms with Crippen LogP contribution >= 0.6 is 0 Å². The molecule has 1 aromatic heterocycles. The first-order chi connectivity index (χ1) is 14.1. The number of aryl methyl sites for hydroxylation is 2. The quantitative estimate of drug-likeness (QED) is 0.418. The molecule has 0 radical (unpaired) electrons. The maximum absolute atomic E-state index is 12.7. The van der Waals surface area contributed by atoms with Crippen molar-refractivity contribution < 1.29 is 4.79 Å². The number of hydrogen-bond donors (Lipinski definition) is 1. The number of imidazole rings is 1. The van der Waals surface area contributed by atoms with E-state index in [-0.39, 0.29) is 11.9 Å².